The molecule has 0 bridgehead atoms. The molecule has 0 spiro atoms. The van der Waals surface area contributed by atoms with E-state index in [0.717, 1.165) is 24.6 Å². The molecule has 1 N–H and O–H groups in total. The van der Waals surface area contributed by atoms with E-state index < -0.39 is 11.7 Å². The standard InChI is InChI=1S/C19H17F3N4/c20-19(21,22)17-8-15(4-2-13(17)9-23)25-14-3-1-12(7-14)18-10-24-11-26(18)16-5-6-16/h1-2,4,8,10-11,14,16,25H,3,5-7H2. The van der Waals surface area contributed by atoms with E-state index in [0.29, 0.717) is 11.7 Å². The molecule has 1 atom stereocenters. The van der Waals surface area contributed by atoms with Gasteiger partial charge in [-0.3, -0.25) is 0 Å². The highest BCUT2D eigenvalue weighted by molar-refractivity contribution is 5.67. The monoisotopic (exact) mass is 358 g/mol. The minimum Gasteiger partial charge on any atom is -0.382 e. The van der Waals surface area contributed by atoms with Gasteiger partial charge in [0.2, 0.25) is 0 Å². The molecule has 1 fully saturated rings. The molecule has 4 rings (SSSR count). The third-order valence-corrected chi connectivity index (χ3v) is 4.87. The van der Waals surface area contributed by atoms with Crippen molar-refractivity contribution in [3.8, 4) is 6.07 Å². The molecule has 0 saturated heterocycles. The largest absolute Gasteiger partial charge is 0.417 e. The average Bonchev–Trinajstić information content (AvgIpc) is 3.15. The van der Waals surface area contributed by atoms with Gasteiger partial charge in [0.05, 0.1) is 35.4 Å². The third-order valence-electron chi connectivity index (χ3n) is 4.87. The Hall–Kier alpha value is -2.75. The number of alkyl halides is 3. The van der Waals surface area contributed by atoms with Crippen molar-refractivity contribution < 1.29 is 13.2 Å². The zero-order valence-corrected chi connectivity index (χ0v) is 13.9. The Labute approximate surface area is 149 Å². The van der Waals surface area contributed by atoms with Gasteiger partial charge in [-0.15, -0.1) is 0 Å². The minimum absolute atomic E-state index is 0.0292. The van der Waals surface area contributed by atoms with Crippen LogP contribution in [0.25, 0.3) is 5.57 Å². The first-order chi connectivity index (χ1) is 12.5. The summed E-state index contributed by atoms with van der Waals surface area (Å²) in [5, 5.41) is 12.1. The molecule has 2 aromatic rings. The van der Waals surface area contributed by atoms with Gasteiger partial charge in [0.15, 0.2) is 0 Å². The van der Waals surface area contributed by atoms with E-state index in [1.54, 1.807) is 6.07 Å². The van der Waals surface area contributed by atoms with Crippen LogP contribution in [0.3, 0.4) is 0 Å². The van der Waals surface area contributed by atoms with Gasteiger partial charge in [0.1, 0.15) is 0 Å². The van der Waals surface area contributed by atoms with Crippen LogP contribution in [0, 0.1) is 11.3 Å². The van der Waals surface area contributed by atoms with Gasteiger partial charge in [0.25, 0.3) is 0 Å². The van der Waals surface area contributed by atoms with Gasteiger partial charge in [-0.05, 0) is 49.5 Å². The Balaban J connectivity index is 1.48. The molecule has 134 valence electrons. The minimum atomic E-state index is -4.54. The fourth-order valence-corrected chi connectivity index (χ4v) is 3.43. The zero-order chi connectivity index (χ0) is 18.3. The number of anilines is 1. The lowest BCUT2D eigenvalue weighted by molar-refractivity contribution is -0.137. The number of aromatic nitrogens is 2. The molecule has 4 nitrogen and oxygen atoms in total. The van der Waals surface area contributed by atoms with Crippen LogP contribution < -0.4 is 5.32 Å². The lowest BCUT2D eigenvalue weighted by Gasteiger charge is -2.17. The van der Waals surface area contributed by atoms with Crippen LogP contribution in [0.4, 0.5) is 18.9 Å². The SMILES string of the molecule is N#Cc1ccc(NC2CC=C(c3cncn3C3CC3)C2)cc1C(F)(F)F. The van der Waals surface area contributed by atoms with E-state index in [2.05, 4.69) is 20.9 Å². The maximum absolute atomic E-state index is 13.1. The fraction of sp³-hybridized carbons (Fsp3) is 0.368. The summed E-state index contributed by atoms with van der Waals surface area (Å²) in [6.45, 7) is 0. The third kappa shape index (κ3) is 3.19. The molecule has 1 aromatic carbocycles. The molecule has 1 heterocycles. The molecule has 0 radical (unpaired) electrons. The van der Waals surface area contributed by atoms with Crippen molar-refractivity contribution in [2.75, 3.05) is 5.32 Å². The molecule has 1 saturated carbocycles. The number of halogens is 3. The molecule has 7 heteroatoms. The van der Waals surface area contributed by atoms with E-state index in [1.807, 2.05) is 12.5 Å². The topological polar surface area (TPSA) is 53.6 Å². The van der Waals surface area contributed by atoms with Crippen molar-refractivity contribution in [1.82, 2.24) is 9.55 Å². The van der Waals surface area contributed by atoms with Crippen molar-refractivity contribution in [2.24, 2.45) is 0 Å². The van der Waals surface area contributed by atoms with E-state index in [-0.39, 0.29) is 11.6 Å². The number of benzene rings is 1. The smallest absolute Gasteiger partial charge is 0.382 e. The van der Waals surface area contributed by atoms with Crippen LogP contribution in [0.1, 0.15) is 48.5 Å². The Kier molecular flexibility index (Phi) is 3.98. The number of hydrogen-bond acceptors (Lipinski definition) is 3. The summed E-state index contributed by atoms with van der Waals surface area (Å²) in [7, 11) is 0. The number of rotatable bonds is 4. The molecule has 26 heavy (non-hydrogen) atoms. The van der Waals surface area contributed by atoms with Gasteiger partial charge in [-0.1, -0.05) is 6.08 Å². The van der Waals surface area contributed by atoms with E-state index in [4.69, 9.17) is 5.26 Å². The van der Waals surface area contributed by atoms with Gasteiger partial charge in [-0.2, -0.15) is 18.4 Å². The molecule has 0 amide bonds. The van der Waals surface area contributed by atoms with Crippen LogP contribution in [0.2, 0.25) is 0 Å². The van der Waals surface area contributed by atoms with Crippen molar-refractivity contribution in [2.45, 2.75) is 43.9 Å². The van der Waals surface area contributed by atoms with E-state index >= 15 is 0 Å². The van der Waals surface area contributed by atoms with Crippen LogP contribution in [-0.4, -0.2) is 15.6 Å². The predicted molar refractivity (Wildman–Crippen MR) is 91.3 cm³/mol. The van der Waals surface area contributed by atoms with Crippen molar-refractivity contribution >= 4 is 11.3 Å². The van der Waals surface area contributed by atoms with Gasteiger partial charge < -0.3 is 9.88 Å². The van der Waals surface area contributed by atoms with Crippen molar-refractivity contribution in [3.05, 3.63) is 53.6 Å². The maximum atomic E-state index is 13.1. The highest BCUT2D eigenvalue weighted by Gasteiger charge is 2.34. The zero-order valence-electron chi connectivity index (χ0n) is 13.9. The molecule has 1 unspecified atom stereocenters. The van der Waals surface area contributed by atoms with E-state index in [1.165, 1.54) is 30.5 Å². The number of nitrogens with zero attached hydrogens (tertiary/aromatic N) is 3. The molecule has 1 aromatic heterocycles. The van der Waals surface area contributed by atoms with Gasteiger partial charge in [-0.25, -0.2) is 4.98 Å². The van der Waals surface area contributed by atoms with E-state index in [9.17, 15) is 13.2 Å². The first-order valence-corrected chi connectivity index (χ1v) is 8.55. The number of nitriles is 1. The second-order valence-corrected chi connectivity index (χ2v) is 6.80. The summed E-state index contributed by atoms with van der Waals surface area (Å²) >= 11 is 0. The summed E-state index contributed by atoms with van der Waals surface area (Å²) < 4.78 is 41.5. The van der Waals surface area contributed by atoms with Gasteiger partial charge >= 0.3 is 6.18 Å². The summed E-state index contributed by atoms with van der Waals surface area (Å²) in [4.78, 5) is 4.24. The number of imidazole rings is 1. The highest BCUT2D eigenvalue weighted by atomic mass is 19.4. The fourth-order valence-electron chi connectivity index (χ4n) is 3.43. The Morgan fingerprint density at radius 2 is 2.08 bits per heavy atom. The maximum Gasteiger partial charge on any atom is 0.417 e. The number of hydrogen-bond donors (Lipinski definition) is 1. The first kappa shape index (κ1) is 16.7. The normalized spacial score (nSPS) is 19.9. The highest BCUT2D eigenvalue weighted by Crippen LogP contribution is 2.39. The Bertz CT molecular complexity index is 900. The molecule has 2 aliphatic carbocycles. The summed E-state index contributed by atoms with van der Waals surface area (Å²) in [5.41, 5.74) is 1.40. The van der Waals surface area contributed by atoms with Crippen LogP contribution in [0.15, 0.2) is 36.8 Å². The quantitative estimate of drug-likeness (QED) is 0.857. The summed E-state index contributed by atoms with van der Waals surface area (Å²) in [6, 6.07) is 5.93. The van der Waals surface area contributed by atoms with Crippen LogP contribution in [-0.2, 0) is 6.18 Å². The van der Waals surface area contributed by atoms with Crippen LogP contribution >= 0.6 is 0 Å². The molecule has 2 aliphatic rings. The molecular weight excluding hydrogens is 341 g/mol. The molecule has 0 aliphatic heterocycles. The lowest BCUT2D eigenvalue weighted by atomic mass is 10.1. The average molecular weight is 358 g/mol. The van der Waals surface area contributed by atoms with Crippen molar-refractivity contribution in [3.63, 3.8) is 0 Å². The first-order valence-electron chi connectivity index (χ1n) is 8.55. The summed E-state index contributed by atoms with van der Waals surface area (Å²) in [5.74, 6) is 0. The predicted octanol–water partition coefficient (Wildman–Crippen LogP) is 4.77. The lowest BCUT2D eigenvalue weighted by Crippen LogP contribution is -2.17. The summed E-state index contributed by atoms with van der Waals surface area (Å²) in [6.07, 6.45) is 5.11. The molecular formula is C19H17F3N4. The Morgan fingerprint density at radius 3 is 2.77 bits per heavy atom. The van der Waals surface area contributed by atoms with Crippen molar-refractivity contribution in [1.29, 1.82) is 5.26 Å². The second-order valence-electron chi connectivity index (χ2n) is 6.80. The second kappa shape index (κ2) is 6.20. The Morgan fingerprint density at radius 1 is 1.27 bits per heavy atom. The van der Waals surface area contributed by atoms with Gasteiger partial charge in [0, 0.05) is 17.8 Å². The number of nitrogens with one attached hydrogen (secondary N) is 1. The van der Waals surface area contributed by atoms with Crippen LogP contribution in [0.5, 0.6) is 0 Å².